The molecule has 1 unspecified atom stereocenters. The van der Waals surface area contributed by atoms with Crippen molar-refractivity contribution >= 4 is 0 Å². The number of rotatable bonds is 5. The summed E-state index contributed by atoms with van der Waals surface area (Å²) < 4.78 is 20.7. The fourth-order valence-corrected chi connectivity index (χ4v) is 2.34. The van der Waals surface area contributed by atoms with E-state index in [1.165, 1.54) is 12.1 Å². The third-order valence-corrected chi connectivity index (χ3v) is 3.27. The van der Waals surface area contributed by atoms with Gasteiger partial charge in [-0.1, -0.05) is 6.92 Å². The lowest BCUT2D eigenvalue weighted by Crippen LogP contribution is -2.21. The standard InChI is InChI=1S/C14H17FN4O/c1-2-16-7-14-17-9-19(18-14)8-12-6-10-5-11(15)3-4-13(10)20-12/h3-5,9,12,16H,2,6-8H2,1H3. The summed E-state index contributed by atoms with van der Waals surface area (Å²) >= 11 is 0. The summed E-state index contributed by atoms with van der Waals surface area (Å²) in [6.45, 7) is 4.22. The van der Waals surface area contributed by atoms with E-state index < -0.39 is 0 Å². The fourth-order valence-electron chi connectivity index (χ4n) is 2.34. The highest BCUT2D eigenvalue weighted by Crippen LogP contribution is 2.29. The molecule has 6 heteroatoms. The lowest BCUT2D eigenvalue weighted by Gasteiger charge is -2.09. The van der Waals surface area contributed by atoms with Crippen LogP contribution >= 0.6 is 0 Å². The van der Waals surface area contributed by atoms with Crippen molar-refractivity contribution in [2.24, 2.45) is 0 Å². The van der Waals surface area contributed by atoms with Crippen LogP contribution in [-0.2, 0) is 19.5 Å². The van der Waals surface area contributed by atoms with E-state index in [9.17, 15) is 4.39 Å². The fraction of sp³-hybridized carbons (Fsp3) is 0.429. The topological polar surface area (TPSA) is 52.0 Å². The molecule has 2 heterocycles. The van der Waals surface area contributed by atoms with Crippen LogP contribution in [0.25, 0.3) is 0 Å². The van der Waals surface area contributed by atoms with Crippen LogP contribution in [0, 0.1) is 5.82 Å². The van der Waals surface area contributed by atoms with Crippen molar-refractivity contribution in [2.45, 2.75) is 32.5 Å². The number of ether oxygens (including phenoxy) is 1. The zero-order chi connectivity index (χ0) is 13.9. The maximum Gasteiger partial charge on any atom is 0.164 e. The first-order valence-electron chi connectivity index (χ1n) is 6.78. The summed E-state index contributed by atoms with van der Waals surface area (Å²) in [4.78, 5) is 4.23. The minimum atomic E-state index is -0.221. The number of aromatic nitrogens is 3. The lowest BCUT2D eigenvalue weighted by molar-refractivity contribution is 0.203. The van der Waals surface area contributed by atoms with Crippen LogP contribution in [0.2, 0.25) is 0 Å². The lowest BCUT2D eigenvalue weighted by atomic mass is 10.1. The van der Waals surface area contributed by atoms with E-state index in [0.717, 1.165) is 23.7 Å². The summed E-state index contributed by atoms with van der Waals surface area (Å²) in [6, 6.07) is 4.64. The van der Waals surface area contributed by atoms with Gasteiger partial charge in [-0.2, -0.15) is 5.10 Å². The summed E-state index contributed by atoms with van der Waals surface area (Å²) in [5.74, 6) is 1.32. The van der Waals surface area contributed by atoms with E-state index in [1.807, 2.05) is 6.92 Å². The van der Waals surface area contributed by atoms with Gasteiger partial charge >= 0.3 is 0 Å². The van der Waals surface area contributed by atoms with Gasteiger partial charge in [0.2, 0.25) is 0 Å². The molecule has 106 valence electrons. The average Bonchev–Trinajstić information content (AvgIpc) is 3.02. The third-order valence-electron chi connectivity index (χ3n) is 3.27. The molecule has 0 bridgehead atoms. The van der Waals surface area contributed by atoms with Crippen molar-refractivity contribution in [1.29, 1.82) is 0 Å². The first-order valence-corrected chi connectivity index (χ1v) is 6.78. The zero-order valence-electron chi connectivity index (χ0n) is 11.3. The Balaban J connectivity index is 1.61. The second-order valence-electron chi connectivity index (χ2n) is 4.86. The Labute approximate surface area is 116 Å². The molecule has 0 radical (unpaired) electrons. The molecule has 0 spiro atoms. The van der Waals surface area contributed by atoms with Gasteiger partial charge in [-0.25, -0.2) is 14.1 Å². The first kappa shape index (κ1) is 13.1. The van der Waals surface area contributed by atoms with Gasteiger partial charge in [-0.3, -0.25) is 0 Å². The molecule has 1 atom stereocenters. The van der Waals surface area contributed by atoms with Crippen molar-refractivity contribution in [2.75, 3.05) is 6.54 Å². The number of fused-ring (bicyclic) bond motifs is 1. The Morgan fingerprint density at radius 2 is 2.40 bits per heavy atom. The summed E-state index contributed by atoms with van der Waals surface area (Å²) in [6.07, 6.45) is 2.40. The first-order chi connectivity index (χ1) is 9.74. The molecular weight excluding hydrogens is 259 g/mol. The Hall–Kier alpha value is -1.95. The van der Waals surface area contributed by atoms with Crippen molar-refractivity contribution in [3.63, 3.8) is 0 Å². The van der Waals surface area contributed by atoms with E-state index in [-0.39, 0.29) is 11.9 Å². The van der Waals surface area contributed by atoms with Crippen molar-refractivity contribution in [3.05, 3.63) is 41.7 Å². The molecule has 0 saturated heterocycles. The predicted molar refractivity (Wildman–Crippen MR) is 71.9 cm³/mol. The van der Waals surface area contributed by atoms with Crippen molar-refractivity contribution in [1.82, 2.24) is 20.1 Å². The Bertz CT molecular complexity index is 599. The SMILES string of the molecule is CCNCc1ncn(CC2Cc3cc(F)ccc3O2)n1. The molecule has 0 amide bonds. The smallest absolute Gasteiger partial charge is 0.164 e. The molecule has 2 aromatic rings. The van der Waals surface area contributed by atoms with Gasteiger partial charge in [0.15, 0.2) is 5.82 Å². The van der Waals surface area contributed by atoms with Gasteiger partial charge in [-0.05, 0) is 24.7 Å². The molecule has 20 heavy (non-hydrogen) atoms. The molecule has 0 fully saturated rings. The molecule has 1 N–H and O–H groups in total. The second-order valence-corrected chi connectivity index (χ2v) is 4.86. The molecular formula is C14H17FN4O. The number of benzene rings is 1. The summed E-state index contributed by atoms with van der Waals surface area (Å²) in [5.41, 5.74) is 0.919. The minimum absolute atomic E-state index is 0.0134. The van der Waals surface area contributed by atoms with Gasteiger partial charge in [-0.15, -0.1) is 0 Å². The van der Waals surface area contributed by atoms with Gasteiger partial charge in [0, 0.05) is 12.0 Å². The zero-order valence-corrected chi connectivity index (χ0v) is 11.3. The number of nitrogens with zero attached hydrogens (tertiary/aromatic N) is 3. The second kappa shape index (κ2) is 5.58. The highest BCUT2D eigenvalue weighted by atomic mass is 19.1. The molecule has 1 aromatic carbocycles. The molecule has 1 aliphatic heterocycles. The van der Waals surface area contributed by atoms with Crippen molar-refractivity contribution in [3.8, 4) is 5.75 Å². The Morgan fingerprint density at radius 3 is 3.25 bits per heavy atom. The summed E-state index contributed by atoms with van der Waals surface area (Å²) in [5, 5.41) is 7.56. The van der Waals surface area contributed by atoms with Crippen LogP contribution in [0.4, 0.5) is 4.39 Å². The van der Waals surface area contributed by atoms with E-state index in [4.69, 9.17) is 4.74 Å². The van der Waals surface area contributed by atoms with E-state index in [0.29, 0.717) is 19.5 Å². The quantitative estimate of drug-likeness (QED) is 0.900. The maximum absolute atomic E-state index is 13.1. The van der Waals surface area contributed by atoms with Crippen molar-refractivity contribution < 1.29 is 9.13 Å². The third kappa shape index (κ3) is 2.80. The van der Waals surface area contributed by atoms with Gasteiger partial charge in [0.05, 0.1) is 13.1 Å². The highest BCUT2D eigenvalue weighted by molar-refractivity contribution is 5.37. The molecule has 5 nitrogen and oxygen atoms in total. The molecule has 3 rings (SSSR count). The Kier molecular flexibility index (Phi) is 3.64. The van der Waals surface area contributed by atoms with Crippen LogP contribution in [0.3, 0.4) is 0 Å². The summed E-state index contributed by atoms with van der Waals surface area (Å²) in [7, 11) is 0. The van der Waals surface area contributed by atoms with Gasteiger partial charge in [0.25, 0.3) is 0 Å². The van der Waals surface area contributed by atoms with Crippen LogP contribution < -0.4 is 10.1 Å². The number of nitrogens with one attached hydrogen (secondary N) is 1. The van der Waals surface area contributed by atoms with Crippen LogP contribution in [-0.4, -0.2) is 27.4 Å². The van der Waals surface area contributed by atoms with E-state index in [2.05, 4.69) is 15.4 Å². The number of halogens is 1. The molecule has 0 aliphatic carbocycles. The monoisotopic (exact) mass is 276 g/mol. The van der Waals surface area contributed by atoms with E-state index in [1.54, 1.807) is 17.1 Å². The van der Waals surface area contributed by atoms with E-state index >= 15 is 0 Å². The molecule has 1 aliphatic rings. The minimum Gasteiger partial charge on any atom is -0.488 e. The van der Waals surface area contributed by atoms with Gasteiger partial charge in [0.1, 0.15) is 24.0 Å². The van der Waals surface area contributed by atoms with Gasteiger partial charge < -0.3 is 10.1 Å². The van der Waals surface area contributed by atoms with Crippen LogP contribution in [0.15, 0.2) is 24.5 Å². The number of hydrogen-bond acceptors (Lipinski definition) is 4. The largest absolute Gasteiger partial charge is 0.488 e. The molecule has 0 saturated carbocycles. The normalized spacial score (nSPS) is 17.0. The van der Waals surface area contributed by atoms with Crippen LogP contribution in [0.5, 0.6) is 5.75 Å². The van der Waals surface area contributed by atoms with Crippen LogP contribution in [0.1, 0.15) is 18.3 Å². The number of hydrogen-bond donors (Lipinski definition) is 1. The molecule has 1 aromatic heterocycles. The highest BCUT2D eigenvalue weighted by Gasteiger charge is 2.24. The average molecular weight is 276 g/mol. The maximum atomic E-state index is 13.1. The predicted octanol–water partition coefficient (Wildman–Crippen LogP) is 1.53. The Morgan fingerprint density at radius 1 is 1.50 bits per heavy atom.